The average molecular weight is 598 g/mol. The molecule has 1 fully saturated rings. The second-order valence-electron chi connectivity index (χ2n) is 9.63. The normalized spacial score (nSPS) is 17.0. The predicted molar refractivity (Wildman–Crippen MR) is 168 cm³/mol. The predicted octanol–water partition coefficient (Wildman–Crippen LogP) is 5.64. The number of ether oxygens (including phenoxy) is 1. The third-order valence-electron chi connectivity index (χ3n) is 7.04. The molecule has 2 heterocycles. The number of hydrogen-bond acceptors (Lipinski definition) is 6. The second kappa shape index (κ2) is 12.1. The van der Waals surface area contributed by atoms with Crippen LogP contribution in [0.1, 0.15) is 11.1 Å². The summed E-state index contributed by atoms with van der Waals surface area (Å²) in [4.78, 5) is 25.0. The van der Waals surface area contributed by atoms with Gasteiger partial charge in [-0.25, -0.2) is 9.98 Å². The molecule has 0 radical (unpaired) electrons. The van der Waals surface area contributed by atoms with Crippen molar-refractivity contribution in [3.05, 3.63) is 100 Å². The van der Waals surface area contributed by atoms with E-state index in [0.29, 0.717) is 51.5 Å². The van der Waals surface area contributed by atoms with Crippen molar-refractivity contribution in [2.75, 3.05) is 41.8 Å². The zero-order chi connectivity index (χ0) is 29.1. The van der Waals surface area contributed by atoms with E-state index in [1.165, 1.54) is 0 Å². The zero-order valence-electron chi connectivity index (χ0n) is 22.3. The monoisotopic (exact) mass is 597 g/mol. The SMILES string of the molecule is N#CN/C(=N\C1N=C(c2ccccc2Cl)c2cc(Cl)ccc2NC1=O)Nc1ccc(N2CCOCC2)c2ccccc12. The zero-order valence-corrected chi connectivity index (χ0v) is 23.8. The van der Waals surface area contributed by atoms with E-state index in [0.717, 1.165) is 29.5 Å². The number of aliphatic imine (C=N–C) groups is 2. The first-order valence-corrected chi connectivity index (χ1v) is 14.1. The quantitative estimate of drug-likeness (QED) is 0.121. The first-order chi connectivity index (χ1) is 20.5. The number of nitrogens with zero attached hydrogens (tertiary/aromatic N) is 4. The smallest absolute Gasteiger partial charge is 0.271 e. The van der Waals surface area contributed by atoms with Crippen LogP contribution in [-0.2, 0) is 9.53 Å². The lowest BCUT2D eigenvalue weighted by atomic mass is 10.0. The van der Waals surface area contributed by atoms with Crippen molar-refractivity contribution in [3.8, 4) is 6.19 Å². The van der Waals surface area contributed by atoms with E-state index in [1.807, 2.05) is 54.7 Å². The van der Waals surface area contributed by atoms with Gasteiger partial charge in [-0.1, -0.05) is 65.7 Å². The summed E-state index contributed by atoms with van der Waals surface area (Å²) in [6.45, 7) is 2.95. The summed E-state index contributed by atoms with van der Waals surface area (Å²) < 4.78 is 5.53. The number of hydrogen-bond donors (Lipinski definition) is 3. The fourth-order valence-corrected chi connectivity index (χ4v) is 5.49. The molecule has 2 aliphatic rings. The Balaban J connectivity index is 1.41. The summed E-state index contributed by atoms with van der Waals surface area (Å²) in [7, 11) is 0. The molecular formula is C31H25Cl2N7O2. The molecule has 1 saturated heterocycles. The molecule has 1 unspecified atom stereocenters. The fourth-order valence-electron chi connectivity index (χ4n) is 5.10. The molecule has 3 N–H and O–H groups in total. The summed E-state index contributed by atoms with van der Waals surface area (Å²) in [6.07, 6.45) is 0.666. The molecule has 6 rings (SSSR count). The minimum Gasteiger partial charge on any atom is -0.378 e. The molecule has 9 nitrogen and oxygen atoms in total. The Morgan fingerprint density at radius 1 is 1.00 bits per heavy atom. The Morgan fingerprint density at radius 3 is 2.55 bits per heavy atom. The first-order valence-electron chi connectivity index (χ1n) is 13.3. The standard InChI is InChI=1S/C31H25Cl2N7O2/c32-19-9-10-26-23(17-19)28(22-7-3-4-8-24(22)33)38-29(30(41)36-26)39-31(35-18-34)37-25-11-12-27(40-13-15-42-16-14-40)21-6-2-1-5-20(21)25/h1-12,17,29H,13-16H2,(H,36,41)(H2,35,37,39). The van der Waals surface area contributed by atoms with Crippen molar-refractivity contribution in [3.63, 3.8) is 0 Å². The highest BCUT2D eigenvalue weighted by atomic mass is 35.5. The van der Waals surface area contributed by atoms with Gasteiger partial charge < -0.3 is 20.3 Å². The number of benzene rings is 4. The number of fused-ring (bicyclic) bond motifs is 2. The molecule has 0 bridgehead atoms. The fraction of sp³-hybridized carbons (Fsp3) is 0.161. The third-order valence-corrected chi connectivity index (χ3v) is 7.61. The molecule has 4 aromatic carbocycles. The summed E-state index contributed by atoms with van der Waals surface area (Å²) in [5.74, 6) is -0.416. The second-order valence-corrected chi connectivity index (χ2v) is 10.5. The van der Waals surface area contributed by atoms with Gasteiger partial charge in [-0.15, -0.1) is 0 Å². The van der Waals surface area contributed by atoms with Gasteiger partial charge in [-0.3, -0.25) is 10.1 Å². The lowest BCUT2D eigenvalue weighted by Crippen LogP contribution is -2.36. The maximum Gasteiger partial charge on any atom is 0.271 e. The minimum absolute atomic E-state index is 0.0631. The molecule has 1 atom stereocenters. The molecular weight excluding hydrogens is 573 g/mol. The highest BCUT2D eigenvalue weighted by molar-refractivity contribution is 6.37. The van der Waals surface area contributed by atoms with Crippen LogP contribution in [-0.4, -0.2) is 50.0 Å². The maximum atomic E-state index is 13.4. The topological polar surface area (TPSA) is 114 Å². The Hall–Kier alpha value is -4.62. The van der Waals surface area contributed by atoms with Gasteiger partial charge in [0.15, 0.2) is 6.19 Å². The maximum absolute atomic E-state index is 13.4. The number of rotatable bonds is 4. The molecule has 0 saturated carbocycles. The van der Waals surface area contributed by atoms with Gasteiger partial charge in [-0.2, -0.15) is 5.26 Å². The molecule has 2 aliphatic heterocycles. The number of anilines is 3. The molecule has 42 heavy (non-hydrogen) atoms. The Bertz CT molecular complexity index is 1780. The summed E-state index contributed by atoms with van der Waals surface area (Å²) in [5, 5.41) is 21.2. The van der Waals surface area contributed by atoms with Crippen LogP contribution in [0, 0.1) is 11.5 Å². The van der Waals surface area contributed by atoms with Crippen LogP contribution >= 0.6 is 23.2 Å². The molecule has 1 amide bonds. The van der Waals surface area contributed by atoms with E-state index in [4.69, 9.17) is 32.9 Å². The van der Waals surface area contributed by atoms with Gasteiger partial charge in [0.25, 0.3) is 5.91 Å². The summed E-state index contributed by atoms with van der Waals surface area (Å²) >= 11 is 12.9. The van der Waals surface area contributed by atoms with E-state index < -0.39 is 12.1 Å². The number of nitrogens with one attached hydrogen (secondary N) is 3. The van der Waals surface area contributed by atoms with Crippen LogP contribution in [0.2, 0.25) is 10.0 Å². The van der Waals surface area contributed by atoms with Crippen molar-refractivity contribution < 1.29 is 9.53 Å². The van der Waals surface area contributed by atoms with E-state index in [2.05, 4.69) is 31.9 Å². The Labute approximate surface area is 252 Å². The Kier molecular flexibility index (Phi) is 7.93. The van der Waals surface area contributed by atoms with Gasteiger partial charge in [0.2, 0.25) is 12.1 Å². The van der Waals surface area contributed by atoms with Crippen LogP contribution in [0.5, 0.6) is 0 Å². The van der Waals surface area contributed by atoms with Crippen molar-refractivity contribution in [2.45, 2.75) is 6.17 Å². The summed E-state index contributed by atoms with van der Waals surface area (Å²) in [6, 6.07) is 24.3. The van der Waals surface area contributed by atoms with Crippen molar-refractivity contribution in [1.29, 1.82) is 5.26 Å². The van der Waals surface area contributed by atoms with E-state index in [9.17, 15) is 10.1 Å². The van der Waals surface area contributed by atoms with Gasteiger partial charge in [0.1, 0.15) is 0 Å². The van der Waals surface area contributed by atoms with Gasteiger partial charge >= 0.3 is 0 Å². The van der Waals surface area contributed by atoms with Crippen LogP contribution in [0.4, 0.5) is 17.1 Å². The largest absolute Gasteiger partial charge is 0.378 e. The number of morpholine rings is 1. The molecule has 11 heteroatoms. The number of carbonyl (C=O) groups is 1. The van der Waals surface area contributed by atoms with Crippen LogP contribution in [0.3, 0.4) is 0 Å². The number of halogens is 2. The van der Waals surface area contributed by atoms with Gasteiger partial charge in [0.05, 0.1) is 24.6 Å². The first kappa shape index (κ1) is 27.5. The molecule has 0 aliphatic carbocycles. The number of carbonyl (C=O) groups excluding carboxylic acids is 1. The lowest BCUT2D eigenvalue weighted by Gasteiger charge is -2.30. The highest BCUT2D eigenvalue weighted by Crippen LogP contribution is 2.33. The molecule has 210 valence electrons. The van der Waals surface area contributed by atoms with Gasteiger partial charge in [-0.05, 0) is 36.4 Å². The van der Waals surface area contributed by atoms with Crippen molar-refractivity contribution >= 4 is 68.6 Å². The van der Waals surface area contributed by atoms with Crippen LogP contribution in [0.15, 0.2) is 88.8 Å². The summed E-state index contributed by atoms with van der Waals surface area (Å²) in [5.41, 5.74) is 4.00. The average Bonchev–Trinajstić information content (AvgIpc) is 3.14. The number of benzodiazepines with no additional fused rings is 1. The molecule has 4 aromatic rings. The van der Waals surface area contributed by atoms with Crippen LogP contribution < -0.4 is 20.9 Å². The minimum atomic E-state index is -1.25. The number of amides is 1. The molecule has 0 spiro atoms. The lowest BCUT2D eigenvalue weighted by molar-refractivity contribution is -0.117. The van der Waals surface area contributed by atoms with E-state index >= 15 is 0 Å². The van der Waals surface area contributed by atoms with Crippen LogP contribution in [0.25, 0.3) is 10.8 Å². The number of guanidine groups is 1. The van der Waals surface area contributed by atoms with Gasteiger partial charge in [0, 0.05) is 56.4 Å². The third kappa shape index (κ3) is 5.60. The Morgan fingerprint density at radius 2 is 1.76 bits per heavy atom. The van der Waals surface area contributed by atoms with Crippen molar-refractivity contribution in [1.82, 2.24) is 5.32 Å². The number of nitriles is 1. The van der Waals surface area contributed by atoms with E-state index in [1.54, 1.807) is 24.3 Å². The highest BCUT2D eigenvalue weighted by Gasteiger charge is 2.27. The molecule has 0 aromatic heterocycles. The van der Waals surface area contributed by atoms with Crippen molar-refractivity contribution in [2.24, 2.45) is 9.98 Å². The van der Waals surface area contributed by atoms with E-state index in [-0.39, 0.29) is 5.96 Å².